The van der Waals surface area contributed by atoms with Crippen molar-refractivity contribution in [3.8, 4) is 0 Å². The second kappa shape index (κ2) is 17.3. The maximum Gasteiger partial charge on any atom is 0.274 e. The first-order valence-electron chi connectivity index (χ1n) is 15.0. The maximum atomic E-state index is 13.0. The lowest BCUT2D eigenvalue weighted by Crippen LogP contribution is -2.66. The average Bonchev–Trinajstić information content (AvgIpc) is 3.07. The Labute approximate surface area is 284 Å². The molecule has 1 fully saturated rings. The van der Waals surface area contributed by atoms with E-state index in [1.807, 2.05) is 121 Å². The van der Waals surface area contributed by atoms with Crippen LogP contribution in [0.15, 0.2) is 121 Å². The zero-order valence-electron chi connectivity index (χ0n) is 25.1. The van der Waals surface area contributed by atoms with Crippen LogP contribution in [-0.2, 0) is 54.9 Å². The second-order valence-electron chi connectivity index (χ2n) is 10.9. The number of carbonyl (C=O) groups excluding carboxylic acids is 1. The molecule has 242 valence electrons. The van der Waals surface area contributed by atoms with E-state index in [1.165, 1.54) is 0 Å². The number of carbonyl (C=O) groups is 1. The lowest BCUT2D eigenvalue weighted by Gasteiger charge is -2.46. The lowest BCUT2D eigenvalue weighted by molar-refractivity contribution is -0.277. The van der Waals surface area contributed by atoms with Gasteiger partial charge in [0.05, 0.1) is 33.0 Å². The number of halogens is 3. The number of amides is 1. The van der Waals surface area contributed by atoms with E-state index in [0.717, 1.165) is 22.3 Å². The molecule has 0 saturated carbocycles. The van der Waals surface area contributed by atoms with Crippen molar-refractivity contribution in [1.29, 1.82) is 0 Å². The van der Waals surface area contributed by atoms with Gasteiger partial charge in [0.25, 0.3) is 9.70 Å². The van der Waals surface area contributed by atoms with Gasteiger partial charge in [-0.1, -0.05) is 156 Å². The van der Waals surface area contributed by atoms with Gasteiger partial charge in [-0.25, -0.2) is 0 Å². The average molecular weight is 685 g/mol. The number of nitrogens with one attached hydrogen (secondary N) is 1. The minimum atomic E-state index is -2.23. The largest absolute Gasteiger partial charge is 0.374 e. The summed E-state index contributed by atoms with van der Waals surface area (Å²) >= 11 is 17.9. The van der Waals surface area contributed by atoms with Crippen LogP contribution in [0.3, 0.4) is 0 Å². The van der Waals surface area contributed by atoms with Gasteiger partial charge in [-0.2, -0.15) is 0 Å². The van der Waals surface area contributed by atoms with Gasteiger partial charge in [0, 0.05) is 0 Å². The third-order valence-corrected chi connectivity index (χ3v) is 7.93. The molecule has 1 amide bonds. The summed E-state index contributed by atoms with van der Waals surface area (Å²) in [5.41, 5.74) is 3.85. The van der Waals surface area contributed by atoms with Crippen LogP contribution in [-0.4, -0.2) is 47.0 Å². The van der Waals surface area contributed by atoms with E-state index in [-0.39, 0.29) is 26.4 Å². The highest BCUT2D eigenvalue weighted by molar-refractivity contribution is 6.76. The van der Waals surface area contributed by atoms with Crippen molar-refractivity contribution in [3.63, 3.8) is 0 Å². The van der Waals surface area contributed by atoms with E-state index < -0.39 is 40.3 Å². The van der Waals surface area contributed by atoms with Gasteiger partial charge < -0.3 is 29.0 Å². The third kappa shape index (κ3) is 10.3. The predicted octanol–water partition coefficient (Wildman–Crippen LogP) is 7.17. The van der Waals surface area contributed by atoms with Crippen LogP contribution < -0.4 is 5.32 Å². The number of ether oxygens (including phenoxy) is 5. The summed E-state index contributed by atoms with van der Waals surface area (Å²) < 4.78 is 30.1. The smallest absolute Gasteiger partial charge is 0.274 e. The van der Waals surface area contributed by atoms with Crippen molar-refractivity contribution in [2.75, 3.05) is 6.61 Å². The highest BCUT2D eigenvalue weighted by Crippen LogP contribution is 2.32. The van der Waals surface area contributed by atoms with E-state index in [9.17, 15) is 4.79 Å². The zero-order chi connectivity index (χ0) is 32.2. The van der Waals surface area contributed by atoms with Crippen LogP contribution in [0.25, 0.3) is 0 Å². The first-order chi connectivity index (χ1) is 22.4. The SMILES string of the molecule is O=C(N[C@H]1O[C@H](COCc2ccccc2)[C@H](OCc2ccccc2)[C@H](OCc2ccccc2)[C@H]1OCc1ccccc1)C(Cl)(Cl)Cl. The fourth-order valence-electron chi connectivity index (χ4n) is 5.12. The van der Waals surface area contributed by atoms with Gasteiger partial charge in [0.2, 0.25) is 0 Å². The molecule has 0 radical (unpaired) electrons. The normalized spacial score (nSPS) is 21.5. The molecule has 0 aliphatic carbocycles. The Morgan fingerprint density at radius 2 is 0.978 bits per heavy atom. The van der Waals surface area contributed by atoms with Crippen molar-refractivity contribution in [1.82, 2.24) is 5.32 Å². The topological polar surface area (TPSA) is 75.3 Å². The van der Waals surface area contributed by atoms with Crippen molar-refractivity contribution >= 4 is 40.7 Å². The van der Waals surface area contributed by atoms with Gasteiger partial charge in [-0.15, -0.1) is 0 Å². The summed E-state index contributed by atoms with van der Waals surface area (Å²) in [6.07, 6.45) is -4.00. The fourth-order valence-corrected chi connectivity index (χ4v) is 5.28. The van der Waals surface area contributed by atoms with Crippen LogP contribution in [0.1, 0.15) is 22.3 Å². The molecule has 46 heavy (non-hydrogen) atoms. The number of rotatable bonds is 14. The van der Waals surface area contributed by atoms with Crippen LogP contribution in [0.4, 0.5) is 0 Å². The first-order valence-corrected chi connectivity index (χ1v) is 16.1. The highest BCUT2D eigenvalue weighted by atomic mass is 35.6. The van der Waals surface area contributed by atoms with Crippen LogP contribution in [0.2, 0.25) is 0 Å². The molecule has 4 aromatic carbocycles. The van der Waals surface area contributed by atoms with Gasteiger partial charge >= 0.3 is 0 Å². The molecule has 0 spiro atoms. The third-order valence-electron chi connectivity index (χ3n) is 7.41. The molecule has 4 aromatic rings. The second-order valence-corrected chi connectivity index (χ2v) is 13.1. The molecule has 7 nitrogen and oxygen atoms in total. The Morgan fingerprint density at radius 1 is 0.587 bits per heavy atom. The van der Waals surface area contributed by atoms with Crippen molar-refractivity contribution in [2.24, 2.45) is 0 Å². The standard InChI is InChI=1S/C36H36Cl3NO6/c37-36(38,39)35(41)40-34-33(45-24-29-19-11-4-12-20-29)32(44-23-28-17-9-3-10-18-28)31(43-22-27-15-7-2-8-16-27)30(46-34)25-42-21-26-13-5-1-6-14-26/h1-20,30-34H,21-25H2,(H,40,41)/t30-,31+,32+,33-,34+/m1/s1. The molecule has 5 atom stereocenters. The maximum absolute atomic E-state index is 13.0. The summed E-state index contributed by atoms with van der Waals surface area (Å²) in [4.78, 5) is 13.0. The summed E-state index contributed by atoms with van der Waals surface area (Å²) in [7, 11) is 0. The molecule has 1 saturated heterocycles. The van der Waals surface area contributed by atoms with E-state index in [2.05, 4.69) is 5.32 Å². The lowest BCUT2D eigenvalue weighted by atomic mass is 9.96. The molecular formula is C36H36Cl3NO6. The fraction of sp³-hybridized carbons (Fsp3) is 0.306. The van der Waals surface area contributed by atoms with Crippen molar-refractivity contribution in [3.05, 3.63) is 144 Å². The van der Waals surface area contributed by atoms with Crippen LogP contribution in [0, 0.1) is 0 Å². The molecule has 0 bridgehead atoms. The van der Waals surface area contributed by atoms with Gasteiger partial charge in [0.15, 0.2) is 6.23 Å². The Hall–Kier alpha value is -2.98. The van der Waals surface area contributed by atoms with E-state index >= 15 is 0 Å². The molecule has 1 aliphatic rings. The van der Waals surface area contributed by atoms with Crippen molar-refractivity contribution < 1.29 is 28.5 Å². The van der Waals surface area contributed by atoms with Gasteiger partial charge in [-0.05, 0) is 22.3 Å². The van der Waals surface area contributed by atoms with E-state index in [1.54, 1.807) is 0 Å². The summed E-state index contributed by atoms with van der Waals surface area (Å²) in [5, 5.41) is 2.73. The minimum absolute atomic E-state index is 0.130. The minimum Gasteiger partial charge on any atom is -0.374 e. The monoisotopic (exact) mass is 683 g/mol. The number of hydrogen-bond acceptors (Lipinski definition) is 6. The Morgan fingerprint density at radius 3 is 1.41 bits per heavy atom. The number of benzene rings is 4. The summed E-state index contributed by atoms with van der Waals surface area (Å²) in [6.45, 7) is 1.23. The molecule has 1 N–H and O–H groups in total. The van der Waals surface area contributed by atoms with Gasteiger partial charge in [-0.3, -0.25) is 4.79 Å². The predicted molar refractivity (Wildman–Crippen MR) is 178 cm³/mol. The number of alkyl halides is 3. The van der Waals surface area contributed by atoms with E-state index in [0.29, 0.717) is 6.61 Å². The molecule has 1 heterocycles. The van der Waals surface area contributed by atoms with E-state index in [4.69, 9.17) is 58.5 Å². The van der Waals surface area contributed by atoms with Crippen LogP contribution >= 0.6 is 34.8 Å². The molecule has 0 aromatic heterocycles. The molecule has 0 unspecified atom stereocenters. The molecular weight excluding hydrogens is 649 g/mol. The molecule has 5 rings (SSSR count). The summed E-state index contributed by atoms with van der Waals surface area (Å²) in [5.74, 6) is -0.856. The highest BCUT2D eigenvalue weighted by Gasteiger charge is 2.50. The molecule has 1 aliphatic heterocycles. The Balaban J connectivity index is 1.46. The molecule has 10 heteroatoms. The first kappa shape index (κ1) is 34.4. The zero-order valence-corrected chi connectivity index (χ0v) is 27.3. The summed E-state index contributed by atoms with van der Waals surface area (Å²) in [6, 6.07) is 39.1. The number of hydrogen-bond donors (Lipinski definition) is 1. The quantitative estimate of drug-likeness (QED) is 0.142. The Bertz CT molecular complexity index is 1460. The Kier molecular flexibility index (Phi) is 12.9. The van der Waals surface area contributed by atoms with Crippen LogP contribution in [0.5, 0.6) is 0 Å². The van der Waals surface area contributed by atoms with Gasteiger partial charge in [0.1, 0.15) is 24.4 Å². The van der Waals surface area contributed by atoms with Crippen molar-refractivity contribution in [2.45, 2.75) is 60.9 Å².